The number of nitrogens with zero attached hydrogens (tertiary/aromatic N) is 3. The average Bonchev–Trinajstić information content (AvgIpc) is 2.96. The van der Waals surface area contributed by atoms with Crippen LogP contribution < -0.4 is 0 Å². The van der Waals surface area contributed by atoms with E-state index in [9.17, 15) is 9.59 Å². The van der Waals surface area contributed by atoms with Gasteiger partial charge in [0.05, 0.1) is 6.54 Å². The molecule has 0 saturated carbocycles. The number of aryl methyl sites for hydroxylation is 2. The SMILES string of the molecule is Cc1cccc(C(=O)N2CCN(CC(=O)c3cc(C)n(C(C)(C)C)c3C)CC2)c1. The Labute approximate surface area is 174 Å². The Morgan fingerprint density at radius 2 is 1.62 bits per heavy atom. The first-order chi connectivity index (χ1) is 13.6. The Kier molecular flexibility index (Phi) is 5.99. The highest BCUT2D eigenvalue weighted by atomic mass is 16.2. The second kappa shape index (κ2) is 8.15. The standard InChI is InChI=1S/C24H33N3O2/c1-17-8-7-9-20(14-17)23(29)26-12-10-25(11-13-26)16-22(28)21-15-18(2)27(19(21)3)24(4,5)6/h7-9,14-15H,10-13,16H2,1-6H3. The van der Waals surface area contributed by atoms with Gasteiger partial charge in [-0.15, -0.1) is 0 Å². The van der Waals surface area contributed by atoms with Crippen LogP contribution in [-0.4, -0.2) is 58.8 Å². The van der Waals surface area contributed by atoms with Crippen molar-refractivity contribution < 1.29 is 9.59 Å². The van der Waals surface area contributed by atoms with Crippen molar-refractivity contribution in [3.63, 3.8) is 0 Å². The summed E-state index contributed by atoms with van der Waals surface area (Å²) in [6, 6.07) is 9.74. The van der Waals surface area contributed by atoms with Crippen LogP contribution in [0.4, 0.5) is 0 Å². The summed E-state index contributed by atoms with van der Waals surface area (Å²) in [5.41, 5.74) is 4.75. The predicted molar refractivity (Wildman–Crippen MR) is 117 cm³/mol. The van der Waals surface area contributed by atoms with Gasteiger partial charge in [-0.25, -0.2) is 0 Å². The van der Waals surface area contributed by atoms with Crippen LogP contribution >= 0.6 is 0 Å². The van der Waals surface area contributed by atoms with E-state index in [0.717, 1.165) is 41.2 Å². The molecule has 1 aliphatic rings. The van der Waals surface area contributed by atoms with Crippen LogP contribution in [0.5, 0.6) is 0 Å². The van der Waals surface area contributed by atoms with Gasteiger partial charge in [-0.1, -0.05) is 17.7 Å². The average molecular weight is 396 g/mol. The third-order valence-corrected chi connectivity index (χ3v) is 5.69. The number of aromatic nitrogens is 1. The summed E-state index contributed by atoms with van der Waals surface area (Å²) in [5.74, 6) is 0.237. The topological polar surface area (TPSA) is 45.6 Å². The van der Waals surface area contributed by atoms with Crippen LogP contribution in [0.25, 0.3) is 0 Å². The monoisotopic (exact) mass is 395 g/mol. The van der Waals surface area contributed by atoms with Gasteiger partial charge in [-0.2, -0.15) is 0 Å². The summed E-state index contributed by atoms with van der Waals surface area (Å²) >= 11 is 0. The lowest BCUT2D eigenvalue weighted by molar-refractivity contribution is 0.0624. The van der Waals surface area contributed by atoms with Gasteiger partial charge < -0.3 is 9.47 Å². The number of hydrogen-bond acceptors (Lipinski definition) is 3. The fourth-order valence-electron chi connectivity index (χ4n) is 4.44. The maximum atomic E-state index is 13.0. The molecule has 5 nitrogen and oxygen atoms in total. The van der Waals surface area contributed by atoms with Gasteiger partial charge in [0.25, 0.3) is 5.91 Å². The molecule has 2 aromatic rings. The Hall–Kier alpha value is -2.40. The van der Waals surface area contributed by atoms with Crippen molar-refractivity contribution in [3.8, 4) is 0 Å². The molecule has 1 aliphatic heterocycles. The van der Waals surface area contributed by atoms with Crippen molar-refractivity contribution >= 4 is 11.7 Å². The zero-order chi connectivity index (χ0) is 21.3. The van der Waals surface area contributed by atoms with E-state index in [1.54, 1.807) is 0 Å². The number of ketones is 1. The molecule has 1 fully saturated rings. The lowest BCUT2D eigenvalue weighted by atomic mass is 10.1. The van der Waals surface area contributed by atoms with Gasteiger partial charge in [-0.3, -0.25) is 14.5 Å². The van der Waals surface area contributed by atoms with Crippen molar-refractivity contribution in [2.75, 3.05) is 32.7 Å². The first kappa shape index (κ1) is 21.3. The zero-order valence-electron chi connectivity index (χ0n) is 18.6. The Bertz CT molecular complexity index is 913. The summed E-state index contributed by atoms with van der Waals surface area (Å²) in [6.45, 7) is 15.7. The number of amides is 1. The van der Waals surface area contributed by atoms with Crippen LogP contribution in [0.2, 0.25) is 0 Å². The van der Waals surface area contributed by atoms with Crippen molar-refractivity contribution in [3.05, 3.63) is 58.4 Å². The Morgan fingerprint density at radius 3 is 2.17 bits per heavy atom. The quantitative estimate of drug-likeness (QED) is 0.740. The lowest BCUT2D eigenvalue weighted by Crippen LogP contribution is -2.49. The van der Waals surface area contributed by atoms with Crippen molar-refractivity contribution in [1.29, 1.82) is 0 Å². The first-order valence-electron chi connectivity index (χ1n) is 10.4. The molecule has 1 aromatic carbocycles. The molecule has 0 spiro atoms. The highest BCUT2D eigenvalue weighted by Crippen LogP contribution is 2.25. The molecule has 0 radical (unpaired) electrons. The maximum Gasteiger partial charge on any atom is 0.253 e. The third-order valence-electron chi connectivity index (χ3n) is 5.69. The van der Waals surface area contributed by atoms with E-state index in [1.807, 2.05) is 49.1 Å². The molecule has 29 heavy (non-hydrogen) atoms. The van der Waals surface area contributed by atoms with Gasteiger partial charge in [0, 0.05) is 54.2 Å². The van der Waals surface area contributed by atoms with Gasteiger partial charge >= 0.3 is 0 Å². The summed E-state index contributed by atoms with van der Waals surface area (Å²) in [4.78, 5) is 29.7. The van der Waals surface area contributed by atoms with E-state index >= 15 is 0 Å². The molecule has 0 unspecified atom stereocenters. The van der Waals surface area contributed by atoms with Crippen molar-refractivity contribution in [2.24, 2.45) is 0 Å². The minimum absolute atomic E-state index is 0.0471. The molecule has 5 heteroatoms. The second-order valence-corrected chi connectivity index (χ2v) is 9.15. The van der Waals surface area contributed by atoms with Gasteiger partial charge in [-0.05, 0) is 59.7 Å². The van der Waals surface area contributed by atoms with Gasteiger partial charge in [0.15, 0.2) is 5.78 Å². The summed E-state index contributed by atoms with van der Waals surface area (Å²) in [6.07, 6.45) is 0. The van der Waals surface area contributed by atoms with Crippen LogP contribution in [0, 0.1) is 20.8 Å². The molecule has 0 atom stereocenters. The summed E-state index contributed by atoms with van der Waals surface area (Å²) in [5, 5.41) is 0. The van der Waals surface area contributed by atoms with E-state index in [-0.39, 0.29) is 17.2 Å². The van der Waals surface area contributed by atoms with E-state index in [4.69, 9.17) is 0 Å². The number of hydrogen-bond donors (Lipinski definition) is 0. The van der Waals surface area contributed by atoms with Crippen LogP contribution in [0.15, 0.2) is 30.3 Å². The molecule has 0 bridgehead atoms. The number of benzene rings is 1. The number of carbonyl (C=O) groups is 2. The van der Waals surface area contributed by atoms with E-state index in [0.29, 0.717) is 19.6 Å². The smallest absolute Gasteiger partial charge is 0.253 e. The molecule has 2 heterocycles. The van der Waals surface area contributed by atoms with Gasteiger partial charge in [0.1, 0.15) is 0 Å². The predicted octanol–water partition coefficient (Wildman–Crippen LogP) is 3.81. The molecular weight excluding hydrogens is 362 g/mol. The van der Waals surface area contributed by atoms with E-state index < -0.39 is 0 Å². The van der Waals surface area contributed by atoms with Crippen molar-refractivity contribution in [1.82, 2.24) is 14.4 Å². The molecule has 1 aromatic heterocycles. The molecule has 156 valence electrons. The third kappa shape index (κ3) is 4.61. The van der Waals surface area contributed by atoms with Crippen LogP contribution in [0.3, 0.4) is 0 Å². The molecule has 3 rings (SSSR count). The van der Waals surface area contributed by atoms with Crippen molar-refractivity contribution in [2.45, 2.75) is 47.1 Å². The Balaban J connectivity index is 1.61. The normalized spacial score (nSPS) is 15.6. The zero-order valence-corrected chi connectivity index (χ0v) is 18.6. The Morgan fingerprint density at radius 1 is 0.966 bits per heavy atom. The fraction of sp³-hybridized carbons (Fsp3) is 0.500. The highest BCUT2D eigenvalue weighted by Gasteiger charge is 2.26. The van der Waals surface area contributed by atoms with Gasteiger partial charge in [0.2, 0.25) is 0 Å². The maximum absolute atomic E-state index is 13.0. The molecule has 0 aliphatic carbocycles. The number of Topliss-reactive ketones (excluding diaryl/α,β-unsaturated/α-hetero) is 1. The fourth-order valence-corrected chi connectivity index (χ4v) is 4.44. The van der Waals surface area contributed by atoms with Crippen LogP contribution in [-0.2, 0) is 5.54 Å². The highest BCUT2D eigenvalue weighted by molar-refractivity contribution is 5.99. The minimum Gasteiger partial charge on any atom is -0.343 e. The molecule has 1 saturated heterocycles. The summed E-state index contributed by atoms with van der Waals surface area (Å²) < 4.78 is 2.23. The second-order valence-electron chi connectivity index (χ2n) is 9.15. The molecular formula is C24H33N3O2. The lowest BCUT2D eigenvalue weighted by Gasteiger charge is -2.34. The first-order valence-corrected chi connectivity index (χ1v) is 10.4. The van der Waals surface area contributed by atoms with Crippen LogP contribution in [0.1, 0.15) is 58.4 Å². The number of piperazine rings is 1. The van der Waals surface area contributed by atoms with E-state index in [1.165, 1.54) is 0 Å². The van der Waals surface area contributed by atoms with E-state index in [2.05, 4.69) is 37.2 Å². The minimum atomic E-state index is -0.0471. The molecule has 0 N–H and O–H groups in total. The number of carbonyl (C=O) groups excluding carboxylic acids is 2. The summed E-state index contributed by atoms with van der Waals surface area (Å²) in [7, 11) is 0. The molecule has 1 amide bonds. The number of rotatable bonds is 4. The largest absolute Gasteiger partial charge is 0.343 e.